The maximum Gasteiger partial charge on any atom is 0.308 e. The van der Waals surface area contributed by atoms with E-state index in [0.717, 1.165) is 42.9 Å². The van der Waals surface area contributed by atoms with Crippen LogP contribution in [0.15, 0.2) is 24.3 Å². The Labute approximate surface area is 130 Å². The summed E-state index contributed by atoms with van der Waals surface area (Å²) in [6, 6.07) is 8.14. The zero-order chi connectivity index (χ0) is 15.7. The summed E-state index contributed by atoms with van der Waals surface area (Å²) < 4.78 is 2.24. The summed E-state index contributed by atoms with van der Waals surface area (Å²) in [4.78, 5) is 18.2. The van der Waals surface area contributed by atoms with Crippen LogP contribution in [-0.2, 0) is 11.3 Å². The van der Waals surface area contributed by atoms with Gasteiger partial charge in [-0.15, -0.1) is 0 Å². The van der Waals surface area contributed by atoms with Crippen LogP contribution in [-0.4, -0.2) is 33.7 Å². The lowest BCUT2D eigenvalue weighted by Gasteiger charge is -2.32. The van der Waals surface area contributed by atoms with Crippen LogP contribution in [0.5, 0.6) is 0 Å². The van der Waals surface area contributed by atoms with Crippen LogP contribution < -0.4 is 4.90 Å². The molecule has 1 aliphatic rings. The molecular formula is C17H23N3O2. The molecule has 0 radical (unpaired) electrons. The SMILES string of the molecule is CC(C)Cn1c(N2CCCC(C(=O)O)C2)nc2ccccc21. The standard InChI is InChI=1S/C17H23N3O2/c1-12(2)10-20-15-8-4-3-7-14(15)18-17(20)19-9-5-6-13(11-19)16(21)22/h3-4,7-8,12-13H,5-6,9-11H2,1-2H3,(H,21,22). The third kappa shape index (κ3) is 2.80. The van der Waals surface area contributed by atoms with Crippen molar-refractivity contribution in [3.05, 3.63) is 24.3 Å². The number of carbonyl (C=O) groups is 1. The van der Waals surface area contributed by atoms with E-state index >= 15 is 0 Å². The number of anilines is 1. The average Bonchev–Trinajstić information content (AvgIpc) is 2.86. The fourth-order valence-corrected chi connectivity index (χ4v) is 3.21. The highest BCUT2D eigenvalue weighted by atomic mass is 16.4. The molecule has 5 nitrogen and oxygen atoms in total. The van der Waals surface area contributed by atoms with Gasteiger partial charge in [-0.3, -0.25) is 4.79 Å². The predicted octanol–water partition coefficient (Wildman–Crippen LogP) is 2.99. The van der Waals surface area contributed by atoms with Crippen molar-refractivity contribution in [2.45, 2.75) is 33.2 Å². The predicted molar refractivity (Wildman–Crippen MR) is 87.1 cm³/mol. The van der Waals surface area contributed by atoms with Crippen LogP contribution in [0.3, 0.4) is 0 Å². The molecule has 1 saturated heterocycles. The van der Waals surface area contributed by atoms with Gasteiger partial charge < -0.3 is 14.6 Å². The van der Waals surface area contributed by atoms with Crippen molar-refractivity contribution in [2.75, 3.05) is 18.0 Å². The van der Waals surface area contributed by atoms with Crippen molar-refractivity contribution >= 4 is 23.0 Å². The molecule has 1 fully saturated rings. The fourth-order valence-electron chi connectivity index (χ4n) is 3.21. The lowest BCUT2D eigenvalue weighted by Crippen LogP contribution is -2.40. The van der Waals surface area contributed by atoms with Gasteiger partial charge in [-0.25, -0.2) is 4.98 Å². The second-order valence-electron chi connectivity index (χ2n) is 6.53. The second kappa shape index (κ2) is 5.99. The number of para-hydroxylation sites is 2. The molecule has 22 heavy (non-hydrogen) atoms. The smallest absolute Gasteiger partial charge is 0.308 e. The molecule has 1 atom stereocenters. The zero-order valence-electron chi connectivity index (χ0n) is 13.2. The minimum atomic E-state index is -0.698. The van der Waals surface area contributed by atoms with Gasteiger partial charge in [0.2, 0.25) is 5.95 Å². The highest BCUT2D eigenvalue weighted by Gasteiger charge is 2.28. The van der Waals surface area contributed by atoms with Crippen LogP contribution in [0.2, 0.25) is 0 Å². The maximum absolute atomic E-state index is 11.3. The number of aliphatic carboxylic acids is 1. The van der Waals surface area contributed by atoms with E-state index in [9.17, 15) is 9.90 Å². The van der Waals surface area contributed by atoms with Crippen molar-refractivity contribution in [1.82, 2.24) is 9.55 Å². The molecule has 3 rings (SSSR count). The lowest BCUT2D eigenvalue weighted by molar-refractivity contribution is -0.141. The van der Waals surface area contributed by atoms with Gasteiger partial charge in [-0.05, 0) is 30.9 Å². The first-order valence-electron chi connectivity index (χ1n) is 7.99. The Hall–Kier alpha value is -2.04. The molecule has 2 heterocycles. The number of hydrogen-bond donors (Lipinski definition) is 1. The van der Waals surface area contributed by atoms with Crippen LogP contribution in [0, 0.1) is 11.8 Å². The van der Waals surface area contributed by atoms with Gasteiger partial charge in [0.1, 0.15) is 0 Å². The van der Waals surface area contributed by atoms with Gasteiger partial charge in [0.05, 0.1) is 17.0 Å². The van der Waals surface area contributed by atoms with E-state index in [-0.39, 0.29) is 5.92 Å². The molecule has 0 saturated carbocycles. The van der Waals surface area contributed by atoms with Gasteiger partial charge in [-0.2, -0.15) is 0 Å². The van der Waals surface area contributed by atoms with E-state index < -0.39 is 5.97 Å². The Morgan fingerprint density at radius 2 is 2.18 bits per heavy atom. The molecular weight excluding hydrogens is 278 g/mol. The first-order valence-corrected chi connectivity index (χ1v) is 7.99. The Morgan fingerprint density at radius 3 is 2.91 bits per heavy atom. The maximum atomic E-state index is 11.3. The number of piperidine rings is 1. The van der Waals surface area contributed by atoms with Crippen LogP contribution in [0.25, 0.3) is 11.0 Å². The van der Waals surface area contributed by atoms with Crippen molar-refractivity contribution in [1.29, 1.82) is 0 Å². The number of aromatic nitrogens is 2. The Kier molecular flexibility index (Phi) is 4.05. The summed E-state index contributed by atoms with van der Waals surface area (Å²) in [7, 11) is 0. The molecule has 0 amide bonds. The second-order valence-corrected chi connectivity index (χ2v) is 6.53. The van der Waals surface area contributed by atoms with Crippen molar-refractivity contribution in [3.63, 3.8) is 0 Å². The van der Waals surface area contributed by atoms with E-state index in [1.807, 2.05) is 18.2 Å². The summed E-state index contributed by atoms with van der Waals surface area (Å²) in [5.41, 5.74) is 2.11. The normalized spacial score (nSPS) is 19.0. The number of nitrogens with zero attached hydrogens (tertiary/aromatic N) is 3. The molecule has 1 N–H and O–H groups in total. The molecule has 1 aliphatic heterocycles. The lowest BCUT2D eigenvalue weighted by atomic mass is 9.99. The molecule has 118 valence electrons. The largest absolute Gasteiger partial charge is 0.481 e. The first-order chi connectivity index (χ1) is 10.6. The summed E-state index contributed by atoms with van der Waals surface area (Å²) in [5, 5.41) is 9.30. The topological polar surface area (TPSA) is 58.4 Å². The molecule has 0 bridgehead atoms. The third-order valence-corrected chi connectivity index (χ3v) is 4.24. The number of carboxylic acids is 1. The van der Waals surface area contributed by atoms with Crippen LogP contribution >= 0.6 is 0 Å². The summed E-state index contributed by atoms with van der Waals surface area (Å²) in [6.07, 6.45) is 1.66. The molecule has 1 aromatic heterocycles. The molecule has 0 spiro atoms. The van der Waals surface area contributed by atoms with E-state index in [4.69, 9.17) is 4.98 Å². The van der Waals surface area contributed by atoms with Crippen LogP contribution in [0.4, 0.5) is 5.95 Å². The van der Waals surface area contributed by atoms with Crippen molar-refractivity contribution < 1.29 is 9.90 Å². The highest BCUT2D eigenvalue weighted by molar-refractivity contribution is 5.79. The number of hydrogen-bond acceptors (Lipinski definition) is 3. The monoisotopic (exact) mass is 301 g/mol. The van der Waals surface area contributed by atoms with Gasteiger partial charge in [0.15, 0.2) is 0 Å². The quantitative estimate of drug-likeness (QED) is 0.943. The number of rotatable bonds is 4. The number of benzene rings is 1. The summed E-state index contributed by atoms with van der Waals surface area (Å²) in [6.45, 7) is 6.70. The molecule has 1 unspecified atom stereocenters. The van der Waals surface area contributed by atoms with Gasteiger partial charge >= 0.3 is 5.97 Å². The Balaban J connectivity index is 2.00. The van der Waals surface area contributed by atoms with Gasteiger partial charge in [0.25, 0.3) is 0 Å². The zero-order valence-corrected chi connectivity index (χ0v) is 13.2. The third-order valence-electron chi connectivity index (χ3n) is 4.24. The summed E-state index contributed by atoms with van der Waals surface area (Å²) >= 11 is 0. The first kappa shape index (κ1) is 14.9. The van der Waals surface area contributed by atoms with E-state index in [0.29, 0.717) is 12.5 Å². The van der Waals surface area contributed by atoms with Gasteiger partial charge in [-0.1, -0.05) is 26.0 Å². The average molecular weight is 301 g/mol. The Morgan fingerprint density at radius 1 is 1.41 bits per heavy atom. The van der Waals surface area contributed by atoms with Gasteiger partial charge in [0, 0.05) is 19.6 Å². The number of fused-ring (bicyclic) bond motifs is 1. The van der Waals surface area contributed by atoms with E-state index in [1.54, 1.807) is 0 Å². The van der Waals surface area contributed by atoms with E-state index in [1.165, 1.54) is 0 Å². The van der Waals surface area contributed by atoms with Crippen molar-refractivity contribution in [2.24, 2.45) is 11.8 Å². The Bertz CT molecular complexity index is 678. The minimum Gasteiger partial charge on any atom is -0.481 e. The van der Waals surface area contributed by atoms with Crippen molar-refractivity contribution in [3.8, 4) is 0 Å². The molecule has 5 heteroatoms. The highest BCUT2D eigenvalue weighted by Crippen LogP contribution is 2.27. The number of carboxylic acid groups (broad SMARTS) is 1. The fraction of sp³-hybridized carbons (Fsp3) is 0.529. The van der Waals surface area contributed by atoms with Crippen LogP contribution in [0.1, 0.15) is 26.7 Å². The number of imidazole rings is 1. The molecule has 0 aliphatic carbocycles. The molecule has 2 aromatic rings. The summed E-state index contributed by atoms with van der Waals surface area (Å²) in [5.74, 6) is 0.439. The van der Waals surface area contributed by atoms with E-state index in [2.05, 4.69) is 29.4 Å². The molecule has 1 aromatic carbocycles. The minimum absolute atomic E-state index is 0.291.